The lowest BCUT2D eigenvalue weighted by Gasteiger charge is -2.04. The molecule has 2 nitrogen and oxygen atoms in total. The molecule has 0 amide bonds. The van der Waals surface area contributed by atoms with Crippen LogP contribution in [0.25, 0.3) is 16.8 Å². The Kier molecular flexibility index (Phi) is 4.63. The third-order valence-electron chi connectivity index (χ3n) is 2.82. The fraction of sp³-hybridized carbons (Fsp3) is 0.188. The lowest BCUT2D eigenvalue weighted by atomic mass is 10.0. The lowest BCUT2D eigenvalue weighted by molar-refractivity contribution is -0.109. The van der Waals surface area contributed by atoms with Crippen LogP contribution in [-0.4, -0.2) is 16.0 Å². The number of hydrogen-bond acceptors (Lipinski definition) is 3. The molecule has 1 N–H and O–H groups in total. The van der Waals surface area contributed by atoms with E-state index in [0.29, 0.717) is 5.75 Å². The quantitative estimate of drug-likeness (QED) is 0.846. The molecule has 0 aromatic heterocycles. The maximum absolute atomic E-state index is 10.8. The molecule has 0 bridgehead atoms. The first kappa shape index (κ1) is 13.7. The number of rotatable bonds is 4. The molecule has 0 heterocycles. The molecule has 2 aromatic rings. The Labute approximate surface area is 117 Å². The highest BCUT2D eigenvalue weighted by Gasteiger charge is 2.02. The molecule has 98 valence electrons. The van der Waals surface area contributed by atoms with Gasteiger partial charge in [0.2, 0.25) is 0 Å². The zero-order valence-corrected chi connectivity index (χ0v) is 11.6. The van der Waals surface area contributed by atoms with Crippen molar-refractivity contribution in [2.24, 2.45) is 0 Å². The van der Waals surface area contributed by atoms with Crippen molar-refractivity contribution in [3.63, 3.8) is 0 Å². The van der Waals surface area contributed by atoms with Crippen LogP contribution >= 0.6 is 11.8 Å². The fourth-order valence-electron chi connectivity index (χ4n) is 1.89. The summed E-state index contributed by atoms with van der Waals surface area (Å²) in [6.45, 7) is 1.57. The van der Waals surface area contributed by atoms with E-state index < -0.39 is 0 Å². The first-order valence-electron chi connectivity index (χ1n) is 6.19. The molecular weight excluding hydrogens is 256 g/mol. The standard InChI is InChI=1S/C16H16O2S/c1-12(17)19-11-5-4-7-14-10-9-13-6-2-3-8-15(13)16(14)18/h2-4,6-10,18H,5,11H2,1H3. The van der Waals surface area contributed by atoms with E-state index in [1.54, 1.807) is 6.92 Å². The van der Waals surface area contributed by atoms with Gasteiger partial charge in [-0.25, -0.2) is 0 Å². The van der Waals surface area contributed by atoms with E-state index >= 15 is 0 Å². The highest BCUT2D eigenvalue weighted by Crippen LogP contribution is 2.29. The van der Waals surface area contributed by atoms with Crippen molar-refractivity contribution in [2.45, 2.75) is 13.3 Å². The van der Waals surface area contributed by atoms with Crippen LogP contribution in [-0.2, 0) is 4.79 Å². The Balaban J connectivity index is 2.10. The van der Waals surface area contributed by atoms with Crippen molar-refractivity contribution in [1.29, 1.82) is 0 Å². The summed E-state index contributed by atoms with van der Waals surface area (Å²) in [7, 11) is 0. The van der Waals surface area contributed by atoms with Gasteiger partial charge in [-0.15, -0.1) is 0 Å². The largest absolute Gasteiger partial charge is 0.507 e. The van der Waals surface area contributed by atoms with Gasteiger partial charge in [0.1, 0.15) is 5.75 Å². The topological polar surface area (TPSA) is 37.3 Å². The number of phenols is 1. The van der Waals surface area contributed by atoms with Crippen molar-refractivity contribution < 1.29 is 9.90 Å². The molecule has 0 saturated carbocycles. The van der Waals surface area contributed by atoms with Gasteiger partial charge in [-0.2, -0.15) is 0 Å². The maximum atomic E-state index is 10.8. The third kappa shape index (κ3) is 3.61. The van der Waals surface area contributed by atoms with E-state index in [9.17, 15) is 9.90 Å². The Morgan fingerprint density at radius 3 is 2.84 bits per heavy atom. The van der Waals surface area contributed by atoms with E-state index in [0.717, 1.165) is 28.5 Å². The Morgan fingerprint density at radius 2 is 2.05 bits per heavy atom. The molecule has 0 fully saturated rings. The normalized spacial score (nSPS) is 11.2. The van der Waals surface area contributed by atoms with Gasteiger partial charge in [0.15, 0.2) is 5.12 Å². The molecule has 0 unspecified atom stereocenters. The molecular formula is C16H16O2S. The summed E-state index contributed by atoms with van der Waals surface area (Å²) in [4.78, 5) is 10.8. The summed E-state index contributed by atoms with van der Waals surface area (Å²) >= 11 is 1.32. The van der Waals surface area contributed by atoms with Crippen molar-refractivity contribution in [3.05, 3.63) is 48.0 Å². The number of phenolic OH excluding ortho intramolecular Hbond substituents is 1. The number of carbonyl (C=O) groups excluding carboxylic acids is 1. The van der Waals surface area contributed by atoms with Crippen LogP contribution in [0.1, 0.15) is 18.9 Å². The molecule has 0 radical (unpaired) electrons. The van der Waals surface area contributed by atoms with E-state index in [2.05, 4.69) is 0 Å². The minimum atomic E-state index is 0.141. The summed E-state index contributed by atoms with van der Waals surface area (Å²) in [6, 6.07) is 11.7. The van der Waals surface area contributed by atoms with E-state index in [4.69, 9.17) is 0 Å². The monoisotopic (exact) mass is 272 g/mol. The predicted octanol–water partition coefficient (Wildman–Crippen LogP) is 4.23. The van der Waals surface area contributed by atoms with Crippen molar-refractivity contribution >= 4 is 33.7 Å². The first-order chi connectivity index (χ1) is 9.18. The smallest absolute Gasteiger partial charge is 0.185 e. The molecule has 0 spiro atoms. The summed E-state index contributed by atoms with van der Waals surface area (Å²) in [5.74, 6) is 1.09. The molecule has 0 aliphatic heterocycles. The van der Waals surface area contributed by atoms with E-state index in [-0.39, 0.29) is 5.12 Å². The van der Waals surface area contributed by atoms with Crippen LogP contribution in [0.3, 0.4) is 0 Å². The zero-order valence-electron chi connectivity index (χ0n) is 10.8. The zero-order chi connectivity index (χ0) is 13.7. The lowest BCUT2D eigenvalue weighted by Crippen LogP contribution is -1.84. The number of allylic oxidation sites excluding steroid dienone is 1. The SMILES string of the molecule is CC(=O)SCCC=Cc1ccc2ccccc2c1O. The van der Waals surface area contributed by atoms with Crippen molar-refractivity contribution in [2.75, 3.05) is 5.75 Å². The molecule has 2 rings (SSSR count). The maximum Gasteiger partial charge on any atom is 0.185 e. The summed E-state index contributed by atoms with van der Waals surface area (Å²) in [6.07, 6.45) is 4.71. The van der Waals surface area contributed by atoms with Gasteiger partial charge >= 0.3 is 0 Å². The molecule has 0 atom stereocenters. The second-order valence-corrected chi connectivity index (χ2v) is 5.53. The first-order valence-corrected chi connectivity index (χ1v) is 7.17. The van der Waals surface area contributed by atoms with Gasteiger partial charge in [0.05, 0.1) is 0 Å². The average Bonchev–Trinajstić information content (AvgIpc) is 2.41. The summed E-state index contributed by atoms with van der Waals surface area (Å²) in [5.41, 5.74) is 0.812. The Bertz CT molecular complexity index is 617. The number of aromatic hydroxyl groups is 1. The van der Waals surface area contributed by atoms with Crippen LogP contribution in [0.2, 0.25) is 0 Å². The summed E-state index contributed by atoms with van der Waals surface area (Å²) in [5, 5.41) is 12.2. The molecule has 3 heteroatoms. The second-order valence-electron chi connectivity index (χ2n) is 4.26. The number of benzene rings is 2. The predicted molar refractivity (Wildman–Crippen MR) is 82.4 cm³/mol. The van der Waals surface area contributed by atoms with Crippen LogP contribution in [0.15, 0.2) is 42.5 Å². The molecule has 0 aliphatic rings. The molecule has 0 saturated heterocycles. The van der Waals surface area contributed by atoms with Crippen LogP contribution in [0.4, 0.5) is 0 Å². The number of fused-ring (bicyclic) bond motifs is 1. The number of hydrogen-bond donors (Lipinski definition) is 1. The molecule has 2 aromatic carbocycles. The Morgan fingerprint density at radius 1 is 1.26 bits per heavy atom. The van der Waals surface area contributed by atoms with Gasteiger partial charge in [-0.1, -0.05) is 60.3 Å². The minimum Gasteiger partial charge on any atom is -0.507 e. The van der Waals surface area contributed by atoms with Gasteiger partial charge in [-0.3, -0.25) is 4.79 Å². The van der Waals surface area contributed by atoms with Gasteiger partial charge in [0.25, 0.3) is 0 Å². The van der Waals surface area contributed by atoms with Crippen molar-refractivity contribution in [1.82, 2.24) is 0 Å². The number of thioether (sulfide) groups is 1. The molecule has 0 aliphatic carbocycles. The van der Waals surface area contributed by atoms with Crippen LogP contribution < -0.4 is 0 Å². The Hall–Kier alpha value is -1.74. The third-order valence-corrected chi connectivity index (χ3v) is 3.67. The fourth-order valence-corrected chi connectivity index (χ4v) is 2.43. The highest BCUT2D eigenvalue weighted by molar-refractivity contribution is 8.13. The number of carbonyl (C=O) groups is 1. The molecule has 19 heavy (non-hydrogen) atoms. The highest BCUT2D eigenvalue weighted by atomic mass is 32.2. The summed E-state index contributed by atoms with van der Waals surface area (Å²) < 4.78 is 0. The van der Waals surface area contributed by atoms with Gasteiger partial charge in [-0.05, 0) is 11.8 Å². The van der Waals surface area contributed by atoms with Crippen LogP contribution in [0, 0.1) is 0 Å². The van der Waals surface area contributed by atoms with E-state index in [1.807, 2.05) is 48.6 Å². The van der Waals surface area contributed by atoms with E-state index in [1.165, 1.54) is 11.8 Å². The van der Waals surface area contributed by atoms with Crippen molar-refractivity contribution in [3.8, 4) is 5.75 Å². The second kappa shape index (κ2) is 6.43. The minimum absolute atomic E-state index is 0.141. The average molecular weight is 272 g/mol. The van der Waals surface area contributed by atoms with Gasteiger partial charge in [0, 0.05) is 23.6 Å². The van der Waals surface area contributed by atoms with Crippen LogP contribution in [0.5, 0.6) is 5.75 Å². The van der Waals surface area contributed by atoms with Gasteiger partial charge < -0.3 is 5.11 Å².